The number of nitrogens with one attached hydrogen (secondary N) is 2. The van der Waals surface area contributed by atoms with Crippen LogP contribution >= 0.6 is 0 Å². The molecule has 4 heterocycles. The molecule has 0 aliphatic carbocycles. The molecule has 17 heteroatoms. The second kappa shape index (κ2) is 18.6. The smallest absolute Gasteiger partial charge is 0.354 e. The Bertz CT molecular complexity index is 2730. The van der Waals surface area contributed by atoms with E-state index >= 15 is 0 Å². The van der Waals surface area contributed by atoms with Crippen LogP contribution in [0.2, 0.25) is 0 Å². The van der Waals surface area contributed by atoms with E-state index in [1.54, 1.807) is 30.0 Å². The third kappa shape index (κ3) is 9.26. The number of carbonyl (C=O) groups is 3. The van der Waals surface area contributed by atoms with Crippen molar-refractivity contribution in [3.63, 3.8) is 0 Å². The number of nitrogens with zero attached hydrogens (tertiary/aromatic N) is 8. The van der Waals surface area contributed by atoms with Crippen molar-refractivity contribution in [2.75, 3.05) is 30.1 Å². The molecule has 2 amide bonds. The summed E-state index contributed by atoms with van der Waals surface area (Å²) in [4.78, 5) is 49.3. The van der Waals surface area contributed by atoms with Crippen LogP contribution < -0.4 is 26.4 Å². The molecule has 0 saturated carbocycles. The maximum Gasteiger partial charge on any atom is 0.354 e. The number of H-pyrrole nitrogens is 1. The number of aryl methyl sites for hydroxylation is 5. The van der Waals surface area contributed by atoms with Crippen molar-refractivity contribution in [1.29, 1.82) is 0 Å². The Labute approximate surface area is 359 Å². The highest BCUT2D eigenvalue weighted by Crippen LogP contribution is 2.31. The Morgan fingerprint density at radius 3 is 2.39 bits per heavy atom. The summed E-state index contributed by atoms with van der Waals surface area (Å²) < 4.78 is 11.1. The number of nitrogen functional groups attached to an aromatic ring is 1. The van der Waals surface area contributed by atoms with Crippen LogP contribution in [0.25, 0.3) is 22.1 Å². The lowest BCUT2D eigenvalue weighted by Crippen LogP contribution is -2.20. The maximum atomic E-state index is 14.2. The molecule has 1 unspecified atom stereocenters. The molecule has 17 nitrogen and oxygen atoms in total. The second-order valence-electron chi connectivity index (χ2n) is 15.8. The van der Waals surface area contributed by atoms with Crippen molar-refractivity contribution in [3.8, 4) is 5.75 Å². The number of carbonyl (C=O) groups excluding carboxylic acids is 2. The molecule has 324 valence electrons. The van der Waals surface area contributed by atoms with E-state index in [0.717, 1.165) is 83.3 Å². The van der Waals surface area contributed by atoms with Crippen LogP contribution in [0.5, 0.6) is 5.75 Å². The number of unbranched alkanes of at least 4 members (excludes halogenated alkanes) is 3. The number of hydrogen-bond acceptors (Lipinski definition) is 10. The lowest BCUT2D eigenvalue weighted by atomic mass is 9.93. The molecular weight excluding hydrogens is 789 g/mol. The summed E-state index contributed by atoms with van der Waals surface area (Å²) in [5, 5.41) is 24.1. The number of fused-ring (bicyclic) bond motifs is 2. The predicted octanol–water partition coefficient (Wildman–Crippen LogP) is 7.04. The van der Waals surface area contributed by atoms with Crippen LogP contribution in [0.3, 0.4) is 0 Å². The first-order chi connectivity index (χ1) is 29.8. The number of aromatic nitrogens is 8. The number of primary amides is 1. The standard InChI is InChI=1S/C45H54N12O5/c1-27(38-29(3)51-52-40(38)43(60)61)12-7-6-8-23-57-37(24-28(2)53-57)42(59)50-45-49-39-35(54(4)26-30-15-18-32(62-5)19-16-30)13-11-14-36(39)56(45)22-10-9-21-55-34-20-17-31(41(46)58)25-33(34)48-44(55)47/h11,13-20,24-25,27H,6-10,12,21-23,26H2,1-5H3,(H2,46,58)(H2,47,48)(H,51,52)(H,60,61)(H,49,50,59). The average molecular weight is 843 g/mol. The molecule has 0 aliphatic rings. The number of nitrogens with two attached hydrogens (primary N) is 2. The molecule has 3 aromatic carbocycles. The highest BCUT2D eigenvalue weighted by atomic mass is 16.5. The summed E-state index contributed by atoms with van der Waals surface area (Å²) in [5.41, 5.74) is 20.0. The van der Waals surface area contributed by atoms with E-state index < -0.39 is 11.9 Å². The zero-order chi connectivity index (χ0) is 44.1. The molecule has 7 rings (SSSR count). The normalized spacial score (nSPS) is 12.0. The molecule has 7 N–H and O–H groups in total. The van der Waals surface area contributed by atoms with E-state index in [9.17, 15) is 19.5 Å². The molecule has 62 heavy (non-hydrogen) atoms. The highest BCUT2D eigenvalue weighted by Gasteiger charge is 2.23. The van der Waals surface area contributed by atoms with Gasteiger partial charge in [-0.2, -0.15) is 10.2 Å². The Balaban J connectivity index is 1.08. The van der Waals surface area contributed by atoms with Gasteiger partial charge < -0.3 is 35.3 Å². The molecule has 0 bridgehead atoms. The number of carboxylic acids is 1. The first-order valence-electron chi connectivity index (χ1n) is 20.9. The molecule has 0 fully saturated rings. The topological polar surface area (TPSA) is 230 Å². The number of rotatable bonds is 20. The molecule has 0 aliphatic heterocycles. The second-order valence-corrected chi connectivity index (χ2v) is 15.8. The van der Waals surface area contributed by atoms with E-state index in [1.807, 2.05) is 80.9 Å². The van der Waals surface area contributed by atoms with Crippen molar-refractivity contribution in [2.45, 2.75) is 91.4 Å². The van der Waals surface area contributed by atoms with Gasteiger partial charge in [-0.25, -0.2) is 14.8 Å². The van der Waals surface area contributed by atoms with E-state index in [0.29, 0.717) is 60.5 Å². The van der Waals surface area contributed by atoms with Gasteiger partial charge in [-0.1, -0.05) is 38.0 Å². The van der Waals surface area contributed by atoms with Gasteiger partial charge in [-0.05, 0) is 99.5 Å². The summed E-state index contributed by atoms with van der Waals surface area (Å²) in [6.07, 6.45) is 4.82. The maximum absolute atomic E-state index is 14.2. The fourth-order valence-electron chi connectivity index (χ4n) is 8.23. The van der Waals surface area contributed by atoms with Crippen LogP contribution in [0.1, 0.15) is 105 Å². The van der Waals surface area contributed by atoms with Gasteiger partial charge in [0.05, 0.1) is 40.7 Å². The van der Waals surface area contributed by atoms with Crippen molar-refractivity contribution in [3.05, 3.63) is 106 Å². The Morgan fingerprint density at radius 2 is 1.66 bits per heavy atom. The lowest BCUT2D eigenvalue weighted by Gasteiger charge is -2.20. The third-order valence-corrected chi connectivity index (χ3v) is 11.4. The molecule has 0 radical (unpaired) electrons. The molecular formula is C45H54N12O5. The average Bonchev–Trinajstić information content (AvgIpc) is 4.01. The zero-order valence-corrected chi connectivity index (χ0v) is 35.8. The van der Waals surface area contributed by atoms with Crippen molar-refractivity contribution in [2.24, 2.45) is 5.73 Å². The minimum atomic E-state index is -1.01. The summed E-state index contributed by atoms with van der Waals surface area (Å²) in [5.74, 6) is -0.231. The van der Waals surface area contributed by atoms with Gasteiger partial charge in [0.15, 0.2) is 0 Å². The number of anilines is 3. The van der Waals surface area contributed by atoms with Gasteiger partial charge in [0, 0.05) is 44.4 Å². The number of amides is 2. The van der Waals surface area contributed by atoms with Crippen LogP contribution in [-0.4, -0.2) is 76.1 Å². The van der Waals surface area contributed by atoms with Crippen molar-refractivity contribution in [1.82, 2.24) is 39.1 Å². The number of aromatic amines is 1. The lowest BCUT2D eigenvalue weighted by molar-refractivity contribution is 0.0688. The van der Waals surface area contributed by atoms with E-state index in [2.05, 4.69) is 35.1 Å². The summed E-state index contributed by atoms with van der Waals surface area (Å²) in [6.45, 7) is 8.04. The predicted molar refractivity (Wildman–Crippen MR) is 239 cm³/mol. The number of carboxylic acid groups (broad SMARTS) is 1. The van der Waals surface area contributed by atoms with Crippen molar-refractivity contribution >= 4 is 57.4 Å². The molecule has 7 aromatic rings. The van der Waals surface area contributed by atoms with Crippen LogP contribution in [-0.2, 0) is 26.2 Å². The van der Waals surface area contributed by atoms with E-state index in [-0.39, 0.29) is 17.5 Å². The molecule has 1 atom stereocenters. The largest absolute Gasteiger partial charge is 0.497 e. The van der Waals surface area contributed by atoms with E-state index in [1.165, 1.54) is 0 Å². The molecule has 4 aromatic heterocycles. The molecule has 0 saturated heterocycles. The fourth-order valence-corrected chi connectivity index (χ4v) is 8.23. The van der Waals surface area contributed by atoms with Gasteiger partial charge in [0.1, 0.15) is 22.7 Å². The third-order valence-electron chi connectivity index (χ3n) is 11.4. The summed E-state index contributed by atoms with van der Waals surface area (Å²) >= 11 is 0. The van der Waals surface area contributed by atoms with Crippen LogP contribution in [0.15, 0.2) is 66.7 Å². The Morgan fingerprint density at radius 1 is 0.919 bits per heavy atom. The first kappa shape index (κ1) is 42.9. The summed E-state index contributed by atoms with van der Waals surface area (Å²) in [7, 11) is 3.67. The van der Waals surface area contributed by atoms with Gasteiger partial charge in [0.25, 0.3) is 5.91 Å². The van der Waals surface area contributed by atoms with Crippen molar-refractivity contribution < 1.29 is 24.2 Å². The fraction of sp³-hybridized carbons (Fsp3) is 0.356. The highest BCUT2D eigenvalue weighted by molar-refractivity contribution is 6.03. The monoisotopic (exact) mass is 842 g/mol. The Hall–Kier alpha value is -7.17. The number of benzene rings is 3. The van der Waals surface area contributed by atoms with Gasteiger partial charge in [0.2, 0.25) is 17.8 Å². The SMILES string of the molecule is COc1ccc(CN(C)c2cccc3c2nc(NC(=O)c2cc(C)nn2CCCCCC(C)c2c(C)n[nH]c2C(=O)O)n3CCCCn2c(N)nc3cc(C(N)=O)ccc32)cc1. The molecule has 0 spiro atoms. The van der Waals surface area contributed by atoms with Crippen LogP contribution in [0.4, 0.5) is 17.6 Å². The van der Waals surface area contributed by atoms with E-state index in [4.69, 9.17) is 21.2 Å². The minimum Gasteiger partial charge on any atom is -0.497 e. The quantitative estimate of drug-likeness (QED) is 0.0489. The van der Waals surface area contributed by atoms with Crippen LogP contribution in [0, 0.1) is 13.8 Å². The van der Waals surface area contributed by atoms with Gasteiger partial charge in [-0.15, -0.1) is 0 Å². The number of hydrogen-bond donors (Lipinski definition) is 5. The zero-order valence-electron chi connectivity index (χ0n) is 35.8. The number of para-hydroxylation sites is 1. The van der Waals surface area contributed by atoms with Gasteiger partial charge in [-0.3, -0.25) is 24.7 Å². The number of aromatic carboxylic acids is 1. The minimum absolute atomic E-state index is 0.0390. The number of ether oxygens (including phenoxy) is 1. The summed E-state index contributed by atoms with van der Waals surface area (Å²) in [6, 6.07) is 21.0. The number of imidazole rings is 2. The van der Waals surface area contributed by atoms with Gasteiger partial charge >= 0.3 is 5.97 Å². The Kier molecular flexibility index (Phi) is 12.9. The first-order valence-corrected chi connectivity index (χ1v) is 20.9. The number of methoxy groups -OCH3 is 1.